The summed E-state index contributed by atoms with van der Waals surface area (Å²) < 4.78 is 5.44. The van der Waals surface area contributed by atoms with Crippen LogP contribution in [0.25, 0.3) is 5.70 Å². The fraction of sp³-hybridized carbons (Fsp3) is 0.280. The van der Waals surface area contributed by atoms with Crippen molar-refractivity contribution < 1.29 is 9.53 Å². The van der Waals surface area contributed by atoms with Crippen molar-refractivity contribution in [1.82, 2.24) is 4.90 Å². The van der Waals surface area contributed by atoms with Crippen molar-refractivity contribution in [3.8, 4) is 0 Å². The summed E-state index contributed by atoms with van der Waals surface area (Å²) in [7, 11) is 4.04. The molecular formula is C25H27N3O2S. The van der Waals surface area contributed by atoms with Crippen LogP contribution >= 0.6 is 11.8 Å². The second-order valence-electron chi connectivity index (χ2n) is 7.86. The minimum Gasteiger partial charge on any atom is -0.463 e. The third-order valence-corrected chi connectivity index (χ3v) is 6.33. The van der Waals surface area contributed by atoms with Crippen LogP contribution in [0, 0.1) is 6.92 Å². The minimum atomic E-state index is -0.315. The maximum absolute atomic E-state index is 13.0. The standard InChI is InChI=1S/C25H27N3O2S/c1-6-30-24(29)22-17(3)26-25-28(21(15-31-25)18-9-7-16(2)8-10-18)23(22)19-11-13-20(14-12-19)27(4)5/h7-15,23H,6H2,1-5H3/t23-/m1/s1. The molecule has 1 atom stereocenters. The SMILES string of the molecule is CCOC(=O)C1=C(C)N=C2SC=C(c3ccc(C)cc3)N2[C@@H]1c1ccc(N(C)C)cc1. The zero-order chi connectivity index (χ0) is 22.1. The molecule has 2 heterocycles. The van der Waals surface area contributed by atoms with Crippen LogP contribution < -0.4 is 4.90 Å². The molecule has 0 fully saturated rings. The molecule has 5 nitrogen and oxygen atoms in total. The van der Waals surface area contributed by atoms with Crippen molar-refractivity contribution in [1.29, 1.82) is 0 Å². The Morgan fingerprint density at radius 3 is 2.39 bits per heavy atom. The molecule has 6 heteroatoms. The molecule has 0 aromatic heterocycles. The number of carbonyl (C=O) groups excluding carboxylic acids is 1. The molecule has 0 spiro atoms. The van der Waals surface area contributed by atoms with Crippen molar-refractivity contribution in [2.45, 2.75) is 26.8 Å². The van der Waals surface area contributed by atoms with Gasteiger partial charge in [-0.3, -0.25) is 0 Å². The molecule has 0 saturated heterocycles. The second-order valence-corrected chi connectivity index (χ2v) is 8.70. The number of nitrogens with zero attached hydrogens (tertiary/aromatic N) is 3. The van der Waals surface area contributed by atoms with Gasteiger partial charge in [-0.15, -0.1) is 0 Å². The van der Waals surface area contributed by atoms with Gasteiger partial charge in [-0.05, 0) is 44.0 Å². The first-order valence-electron chi connectivity index (χ1n) is 10.4. The maximum Gasteiger partial charge on any atom is 0.338 e. The molecule has 160 valence electrons. The van der Waals surface area contributed by atoms with Gasteiger partial charge in [-0.2, -0.15) is 0 Å². The normalized spacial score (nSPS) is 17.8. The first-order chi connectivity index (χ1) is 14.9. The van der Waals surface area contributed by atoms with E-state index in [1.807, 2.05) is 27.9 Å². The van der Waals surface area contributed by atoms with E-state index in [0.717, 1.165) is 27.7 Å². The fourth-order valence-corrected chi connectivity index (χ4v) is 4.83. The summed E-state index contributed by atoms with van der Waals surface area (Å²) in [5.41, 5.74) is 6.78. The number of hydrogen-bond acceptors (Lipinski definition) is 6. The average Bonchev–Trinajstić information content (AvgIpc) is 3.17. The molecule has 4 rings (SSSR count). The van der Waals surface area contributed by atoms with Gasteiger partial charge in [0.2, 0.25) is 0 Å². The van der Waals surface area contributed by atoms with Crippen LogP contribution in [0.2, 0.25) is 0 Å². The topological polar surface area (TPSA) is 45.1 Å². The van der Waals surface area contributed by atoms with Crippen molar-refractivity contribution in [3.63, 3.8) is 0 Å². The number of hydrogen-bond donors (Lipinski definition) is 0. The van der Waals surface area contributed by atoms with E-state index in [-0.39, 0.29) is 12.0 Å². The molecule has 0 radical (unpaired) electrons. The van der Waals surface area contributed by atoms with Crippen LogP contribution in [0.4, 0.5) is 5.69 Å². The predicted molar refractivity (Wildman–Crippen MR) is 129 cm³/mol. The Balaban J connectivity index is 1.83. The molecule has 0 N–H and O–H groups in total. The number of anilines is 1. The number of aryl methyl sites for hydroxylation is 1. The Bertz CT molecular complexity index is 1080. The van der Waals surface area contributed by atoms with Gasteiger partial charge in [-0.1, -0.05) is 53.7 Å². The van der Waals surface area contributed by atoms with E-state index < -0.39 is 0 Å². The first-order valence-corrected chi connectivity index (χ1v) is 11.3. The number of amidine groups is 1. The smallest absolute Gasteiger partial charge is 0.338 e. The second kappa shape index (κ2) is 8.63. The van der Waals surface area contributed by atoms with Gasteiger partial charge in [0.1, 0.15) is 0 Å². The zero-order valence-electron chi connectivity index (χ0n) is 18.5. The molecule has 0 saturated carbocycles. The average molecular weight is 434 g/mol. The number of benzene rings is 2. The largest absolute Gasteiger partial charge is 0.463 e. The van der Waals surface area contributed by atoms with Gasteiger partial charge in [0.05, 0.1) is 29.6 Å². The van der Waals surface area contributed by atoms with Crippen LogP contribution in [0.1, 0.15) is 36.6 Å². The van der Waals surface area contributed by atoms with Gasteiger partial charge in [0.15, 0.2) is 5.17 Å². The molecular weight excluding hydrogens is 406 g/mol. The third-order valence-electron chi connectivity index (χ3n) is 5.49. The zero-order valence-corrected chi connectivity index (χ0v) is 19.4. The van der Waals surface area contributed by atoms with E-state index in [9.17, 15) is 4.79 Å². The van der Waals surface area contributed by atoms with Crippen molar-refractivity contribution in [3.05, 3.63) is 81.9 Å². The van der Waals surface area contributed by atoms with Gasteiger partial charge < -0.3 is 14.5 Å². The van der Waals surface area contributed by atoms with E-state index in [4.69, 9.17) is 9.73 Å². The summed E-state index contributed by atoms with van der Waals surface area (Å²) in [5, 5.41) is 2.99. The number of rotatable bonds is 5. The Morgan fingerprint density at radius 1 is 1.10 bits per heavy atom. The lowest BCUT2D eigenvalue weighted by molar-refractivity contribution is -0.139. The van der Waals surface area contributed by atoms with Gasteiger partial charge in [0, 0.05) is 25.2 Å². The lowest BCUT2D eigenvalue weighted by Crippen LogP contribution is -2.36. The summed E-state index contributed by atoms with van der Waals surface area (Å²) in [6.45, 7) is 6.13. The predicted octanol–water partition coefficient (Wildman–Crippen LogP) is 5.36. The lowest BCUT2D eigenvalue weighted by atomic mass is 9.93. The van der Waals surface area contributed by atoms with Crippen LogP contribution in [-0.4, -0.2) is 36.7 Å². The Labute approximate surface area is 188 Å². The van der Waals surface area contributed by atoms with E-state index >= 15 is 0 Å². The molecule has 2 aromatic rings. The minimum absolute atomic E-state index is 0.301. The summed E-state index contributed by atoms with van der Waals surface area (Å²) in [6, 6.07) is 16.5. The Morgan fingerprint density at radius 2 is 1.77 bits per heavy atom. The van der Waals surface area contributed by atoms with Gasteiger partial charge in [-0.25, -0.2) is 9.79 Å². The van der Waals surface area contributed by atoms with Crippen LogP contribution in [0.3, 0.4) is 0 Å². The van der Waals surface area contributed by atoms with Crippen molar-refractivity contribution in [2.24, 2.45) is 4.99 Å². The van der Waals surface area contributed by atoms with Crippen LogP contribution in [0.15, 0.2) is 70.2 Å². The molecule has 0 unspecified atom stereocenters. The van der Waals surface area contributed by atoms with Crippen molar-refractivity contribution >= 4 is 34.3 Å². The molecule has 2 aliphatic heterocycles. The molecule has 0 amide bonds. The Hall–Kier alpha value is -2.99. The number of fused-ring (bicyclic) bond motifs is 1. The summed E-state index contributed by atoms with van der Waals surface area (Å²) in [6.07, 6.45) is 0. The molecule has 0 aliphatic carbocycles. The van der Waals surface area contributed by atoms with Crippen LogP contribution in [0.5, 0.6) is 0 Å². The Kier molecular flexibility index (Phi) is 5.92. The van der Waals surface area contributed by atoms with Gasteiger partial charge in [0.25, 0.3) is 0 Å². The highest BCUT2D eigenvalue weighted by Gasteiger charge is 2.41. The van der Waals surface area contributed by atoms with E-state index in [0.29, 0.717) is 17.9 Å². The van der Waals surface area contributed by atoms with E-state index in [1.165, 1.54) is 5.56 Å². The quantitative estimate of drug-likeness (QED) is 0.594. The summed E-state index contributed by atoms with van der Waals surface area (Å²) in [5.74, 6) is -0.315. The number of allylic oxidation sites excluding steroid dienone is 1. The number of aliphatic imine (C=N–C) groups is 1. The summed E-state index contributed by atoms with van der Waals surface area (Å²) >= 11 is 1.59. The first kappa shape index (κ1) is 21.2. The lowest BCUT2D eigenvalue weighted by Gasteiger charge is -2.36. The summed E-state index contributed by atoms with van der Waals surface area (Å²) in [4.78, 5) is 22.0. The maximum atomic E-state index is 13.0. The molecule has 2 aliphatic rings. The molecule has 2 aromatic carbocycles. The number of thioether (sulfide) groups is 1. The molecule has 31 heavy (non-hydrogen) atoms. The monoisotopic (exact) mass is 433 g/mol. The van der Waals surface area contributed by atoms with Gasteiger partial charge >= 0.3 is 5.97 Å². The van der Waals surface area contributed by atoms with Crippen LogP contribution in [-0.2, 0) is 9.53 Å². The number of carbonyl (C=O) groups is 1. The van der Waals surface area contributed by atoms with Crippen molar-refractivity contribution in [2.75, 3.05) is 25.6 Å². The highest BCUT2D eigenvalue weighted by atomic mass is 32.2. The van der Waals surface area contributed by atoms with E-state index in [1.54, 1.807) is 11.8 Å². The highest BCUT2D eigenvalue weighted by molar-refractivity contribution is 8.16. The third kappa shape index (κ3) is 4.00. The molecule has 0 bridgehead atoms. The number of esters is 1. The highest BCUT2D eigenvalue weighted by Crippen LogP contribution is 2.47. The van der Waals surface area contributed by atoms with E-state index in [2.05, 4.69) is 70.7 Å². The number of ether oxygens (including phenoxy) is 1. The fourth-order valence-electron chi connectivity index (χ4n) is 3.86.